The summed E-state index contributed by atoms with van der Waals surface area (Å²) in [5.74, 6) is 0.845. The van der Waals surface area contributed by atoms with Gasteiger partial charge in [0.1, 0.15) is 0 Å². The van der Waals surface area contributed by atoms with E-state index in [-0.39, 0.29) is 11.2 Å². The highest BCUT2D eigenvalue weighted by atomic mass is 16.5. The molecule has 0 bridgehead atoms. The Balaban J connectivity index is 1.54. The molecule has 0 spiro atoms. The minimum atomic E-state index is -0.0162. The highest BCUT2D eigenvalue weighted by Gasteiger charge is 2.34. The van der Waals surface area contributed by atoms with Gasteiger partial charge in [-0.1, -0.05) is 0 Å². The molecular weight excluding hydrogens is 288 g/mol. The molecule has 1 aliphatic heterocycles. The summed E-state index contributed by atoms with van der Waals surface area (Å²) in [5, 5.41) is 0. The van der Waals surface area contributed by atoms with E-state index in [4.69, 9.17) is 9.47 Å². The van der Waals surface area contributed by atoms with Gasteiger partial charge in [0.25, 0.3) is 0 Å². The van der Waals surface area contributed by atoms with E-state index in [1.807, 2.05) is 0 Å². The summed E-state index contributed by atoms with van der Waals surface area (Å²) in [4.78, 5) is 5.17. The van der Waals surface area contributed by atoms with Crippen molar-refractivity contribution in [2.45, 2.75) is 71.7 Å². The minimum Gasteiger partial charge on any atom is -0.375 e. The van der Waals surface area contributed by atoms with Crippen LogP contribution in [-0.2, 0) is 9.47 Å². The second kappa shape index (κ2) is 7.81. The normalized spacial score (nSPS) is 27.9. The van der Waals surface area contributed by atoms with Gasteiger partial charge in [0.2, 0.25) is 0 Å². The fourth-order valence-electron chi connectivity index (χ4n) is 3.46. The topological polar surface area (TPSA) is 24.9 Å². The van der Waals surface area contributed by atoms with E-state index < -0.39 is 0 Å². The Kier molecular flexibility index (Phi) is 6.51. The van der Waals surface area contributed by atoms with Crippen molar-refractivity contribution in [1.82, 2.24) is 9.80 Å². The standard InChI is InChI=1S/C19H38N2O2/c1-18(2,3)22-12-11-20-7-9-21(10-8-20)15-16-13-17(14-16)23-19(4,5)6/h16-17H,7-15H2,1-6H3. The third-order valence-corrected chi connectivity index (χ3v) is 4.64. The first-order chi connectivity index (χ1) is 10.6. The predicted octanol–water partition coefficient (Wildman–Crippen LogP) is 3.01. The monoisotopic (exact) mass is 326 g/mol. The molecule has 0 aromatic carbocycles. The highest BCUT2D eigenvalue weighted by molar-refractivity contribution is 4.85. The fraction of sp³-hybridized carbons (Fsp3) is 1.00. The van der Waals surface area contributed by atoms with Crippen molar-refractivity contribution >= 4 is 0 Å². The summed E-state index contributed by atoms with van der Waals surface area (Å²) in [5.41, 5.74) is -0.00585. The van der Waals surface area contributed by atoms with Gasteiger partial charge in [-0.25, -0.2) is 0 Å². The summed E-state index contributed by atoms with van der Waals surface area (Å²) in [6, 6.07) is 0. The molecule has 1 heterocycles. The Morgan fingerprint density at radius 3 is 1.91 bits per heavy atom. The zero-order chi connectivity index (χ0) is 17.1. The first-order valence-electron chi connectivity index (χ1n) is 9.37. The van der Waals surface area contributed by atoms with Crippen LogP contribution in [0, 0.1) is 5.92 Å². The Labute approximate surface area is 143 Å². The molecule has 0 unspecified atom stereocenters. The minimum absolute atomic E-state index is 0.0103. The number of nitrogens with zero attached hydrogens (tertiary/aromatic N) is 2. The average molecular weight is 327 g/mol. The van der Waals surface area contributed by atoms with Gasteiger partial charge in [-0.3, -0.25) is 4.90 Å². The van der Waals surface area contributed by atoms with Gasteiger partial charge < -0.3 is 14.4 Å². The van der Waals surface area contributed by atoms with Crippen molar-refractivity contribution in [3.8, 4) is 0 Å². The molecule has 4 heteroatoms. The van der Waals surface area contributed by atoms with Gasteiger partial charge in [-0.05, 0) is 60.3 Å². The first kappa shape index (κ1) is 19.2. The van der Waals surface area contributed by atoms with E-state index in [1.165, 1.54) is 45.6 Å². The van der Waals surface area contributed by atoms with E-state index in [1.54, 1.807) is 0 Å². The van der Waals surface area contributed by atoms with Crippen LogP contribution in [0.1, 0.15) is 54.4 Å². The molecule has 0 aromatic heterocycles. The van der Waals surface area contributed by atoms with Crippen molar-refractivity contribution < 1.29 is 9.47 Å². The lowest BCUT2D eigenvalue weighted by Crippen LogP contribution is -2.50. The maximum Gasteiger partial charge on any atom is 0.0602 e. The smallest absolute Gasteiger partial charge is 0.0602 e. The Hall–Kier alpha value is -0.160. The average Bonchev–Trinajstić information content (AvgIpc) is 2.35. The molecule has 2 fully saturated rings. The lowest BCUT2D eigenvalue weighted by molar-refractivity contribution is -0.116. The molecule has 1 saturated carbocycles. The fourth-order valence-corrected chi connectivity index (χ4v) is 3.46. The van der Waals surface area contributed by atoms with Crippen molar-refractivity contribution in [2.24, 2.45) is 5.92 Å². The molecule has 2 aliphatic rings. The molecule has 136 valence electrons. The predicted molar refractivity (Wildman–Crippen MR) is 95.9 cm³/mol. The van der Waals surface area contributed by atoms with Crippen molar-refractivity contribution in [3.05, 3.63) is 0 Å². The van der Waals surface area contributed by atoms with Crippen LogP contribution in [0.4, 0.5) is 0 Å². The van der Waals surface area contributed by atoms with Crippen LogP contribution >= 0.6 is 0 Å². The van der Waals surface area contributed by atoms with Crippen LogP contribution in [0.5, 0.6) is 0 Å². The van der Waals surface area contributed by atoms with Crippen molar-refractivity contribution in [1.29, 1.82) is 0 Å². The van der Waals surface area contributed by atoms with E-state index >= 15 is 0 Å². The van der Waals surface area contributed by atoms with E-state index in [0.717, 1.165) is 19.1 Å². The second-order valence-electron chi connectivity index (χ2n) is 9.29. The van der Waals surface area contributed by atoms with Crippen LogP contribution in [-0.4, -0.2) is 73.0 Å². The van der Waals surface area contributed by atoms with Gasteiger partial charge in [0.15, 0.2) is 0 Å². The first-order valence-corrected chi connectivity index (χ1v) is 9.37. The third kappa shape index (κ3) is 7.51. The van der Waals surface area contributed by atoms with Crippen LogP contribution in [0.15, 0.2) is 0 Å². The molecular formula is C19H38N2O2. The van der Waals surface area contributed by atoms with Crippen LogP contribution < -0.4 is 0 Å². The molecule has 0 N–H and O–H groups in total. The zero-order valence-electron chi connectivity index (χ0n) is 16.2. The van der Waals surface area contributed by atoms with Crippen LogP contribution in [0.25, 0.3) is 0 Å². The molecule has 4 nitrogen and oxygen atoms in total. The summed E-state index contributed by atoms with van der Waals surface area (Å²) < 4.78 is 11.9. The largest absolute Gasteiger partial charge is 0.375 e. The van der Waals surface area contributed by atoms with E-state index in [9.17, 15) is 0 Å². The number of ether oxygens (including phenoxy) is 2. The van der Waals surface area contributed by atoms with Gasteiger partial charge in [-0.2, -0.15) is 0 Å². The van der Waals surface area contributed by atoms with Crippen molar-refractivity contribution in [3.63, 3.8) is 0 Å². The zero-order valence-corrected chi connectivity index (χ0v) is 16.2. The van der Waals surface area contributed by atoms with Gasteiger partial charge in [0, 0.05) is 39.3 Å². The summed E-state index contributed by atoms with van der Waals surface area (Å²) in [6.07, 6.45) is 2.99. The van der Waals surface area contributed by atoms with Gasteiger partial charge >= 0.3 is 0 Å². The Bertz CT molecular complexity index is 345. The molecule has 0 amide bonds. The van der Waals surface area contributed by atoms with Crippen LogP contribution in [0.2, 0.25) is 0 Å². The molecule has 23 heavy (non-hydrogen) atoms. The molecule has 0 atom stereocenters. The van der Waals surface area contributed by atoms with Gasteiger partial charge in [0.05, 0.1) is 23.9 Å². The second-order valence-corrected chi connectivity index (χ2v) is 9.29. The Morgan fingerprint density at radius 1 is 0.826 bits per heavy atom. The summed E-state index contributed by atoms with van der Waals surface area (Å²) in [6.45, 7) is 20.8. The highest BCUT2D eigenvalue weighted by Crippen LogP contribution is 2.33. The Morgan fingerprint density at radius 2 is 1.39 bits per heavy atom. The molecule has 1 saturated heterocycles. The molecule has 0 aromatic rings. The van der Waals surface area contributed by atoms with Crippen LogP contribution in [0.3, 0.4) is 0 Å². The maximum atomic E-state index is 6.04. The third-order valence-electron chi connectivity index (χ3n) is 4.64. The molecule has 1 aliphatic carbocycles. The van der Waals surface area contributed by atoms with Gasteiger partial charge in [-0.15, -0.1) is 0 Å². The summed E-state index contributed by atoms with van der Waals surface area (Å²) >= 11 is 0. The quantitative estimate of drug-likeness (QED) is 0.749. The summed E-state index contributed by atoms with van der Waals surface area (Å²) in [7, 11) is 0. The lowest BCUT2D eigenvalue weighted by atomic mass is 9.81. The number of rotatable bonds is 6. The molecule has 2 rings (SSSR count). The number of hydrogen-bond acceptors (Lipinski definition) is 4. The maximum absolute atomic E-state index is 6.04. The van der Waals surface area contributed by atoms with E-state index in [0.29, 0.717) is 6.10 Å². The lowest BCUT2D eigenvalue weighted by Gasteiger charge is -2.43. The van der Waals surface area contributed by atoms with Crippen molar-refractivity contribution in [2.75, 3.05) is 45.9 Å². The SMILES string of the molecule is CC(C)(C)OCCN1CCN(CC2CC(OC(C)(C)C)C2)CC1. The molecule has 0 radical (unpaired) electrons. The number of hydrogen-bond donors (Lipinski definition) is 0. The number of piperazine rings is 1. The van der Waals surface area contributed by atoms with E-state index in [2.05, 4.69) is 51.3 Å².